The summed E-state index contributed by atoms with van der Waals surface area (Å²) in [5, 5.41) is 10.8. The first kappa shape index (κ1) is 21.7. The van der Waals surface area contributed by atoms with Crippen LogP contribution in [0.15, 0.2) is 41.5 Å². The molecule has 8 heteroatoms. The van der Waals surface area contributed by atoms with Crippen LogP contribution >= 0.6 is 23.2 Å². The largest absolute Gasteiger partial charge is 0.355 e. The second-order valence-electron chi connectivity index (χ2n) is 6.12. The number of halogens is 2. The number of amides is 2. The molecular formula is C20H22Cl2N4O2. The highest BCUT2D eigenvalue weighted by molar-refractivity contribution is 6.35. The fourth-order valence-electron chi connectivity index (χ4n) is 2.30. The predicted molar refractivity (Wildman–Crippen MR) is 115 cm³/mol. The molecule has 0 aliphatic carbocycles. The van der Waals surface area contributed by atoms with Crippen LogP contribution in [-0.2, 0) is 9.59 Å². The van der Waals surface area contributed by atoms with Gasteiger partial charge in [-0.25, -0.2) is 5.43 Å². The molecular weight excluding hydrogens is 399 g/mol. The molecule has 0 bridgehead atoms. The average molecular weight is 421 g/mol. The molecule has 2 aromatic rings. The summed E-state index contributed by atoms with van der Waals surface area (Å²) in [5.41, 5.74) is 5.43. The SMILES string of the molecule is CCCCNC(=O)C(=O)N/N=C\c1cc(Cl)ccc1Nc1cc(Cl)ccc1C. The monoisotopic (exact) mass is 420 g/mol. The molecule has 28 heavy (non-hydrogen) atoms. The molecule has 0 fully saturated rings. The van der Waals surface area contributed by atoms with Crippen molar-refractivity contribution < 1.29 is 9.59 Å². The minimum absolute atomic E-state index is 0.452. The van der Waals surface area contributed by atoms with Gasteiger partial charge in [-0.1, -0.05) is 42.6 Å². The Bertz CT molecular complexity index is 885. The molecule has 2 aromatic carbocycles. The van der Waals surface area contributed by atoms with E-state index in [1.54, 1.807) is 18.2 Å². The molecule has 2 amide bonds. The van der Waals surface area contributed by atoms with Crippen LogP contribution in [0.2, 0.25) is 10.0 Å². The van der Waals surface area contributed by atoms with Crippen molar-refractivity contribution in [3.8, 4) is 0 Å². The lowest BCUT2D eigenvalue weighted by molar-refractivity contribution is -0.139. The smallest absolute Gasteiger partial charge is 0.329 e. The zero-order valence-electron chi connectivity index (χ0n) is 15.7. The molecule has 0 saturated carbocycles. The highest BCUT2D eigenvalue weighted by Gasteiger charge is 2.11. The number of anilines is 2. The minimum Gasteiger partial charge on any atom is -0.355 e. The summed E-state index contributed by atoms with van der Waals surface area (Å²) in [4.78, 5) is 23.4. The summed E-state index contributed by atoms with van der Waals surface area (Å²) in [7, 11) is 0. The fourth-order valence-corrected chi connectivity index (χ4v) is 2.65. The second kappa shape index (κ2) is 10.7. The van der Waals surface area contributed by atoms with E-state index in [9.17, 15) is 9.59 Å². The number of aryl methyl sites for hydroxylation is 1. The first-order valence-electron chi connectivity index (χ1n) is 8.84. The number of unbranched alkanes of at least 4 members (excludes halogenated alkanes) is 1. The Labute approximate surface area is 174 Å². The van der Waals surface area contributed by atoms with Crippen molar-refractivity contribution in [2.24, 2.45) is 5.10 Å². The van der Waals surface area contributed by atoms with Crippen molar-refractivity contribution >= 4 is 52.6 Å². The van der Waals surface area contributed by atoms with Crippen molar-refractivity contribution in [3.63, 3.8) is 0 Å². The molecule has 0 saturated heterocycles. The Morgan fingerprint density at radius 2 is 1.75 bits per heavy atom. The molecule has 2 rings (SSSR count). The van der Waals surface area contributed by atoms with Gasteiger partial charge in [-0.05, 0) is 49.2 Å². The van der Waals surface area contributed by atoms with Gasteiger partial charge in [0, 0.05) is 33.5 Å². The molecule has 0 heterocycles. The van der Waals surface area contributed by atoms with Crippen LogP contribution in [-0.4, -0.2) is 24.6 Å². The van der Waals surface area contributed by atoms with Crippen molar-refractivity contribution in [1.29, 1.82) is 0 Å². The summed E-state index contributed by atoms with van der Waals surface area (Å²) >= 11 is 12.1. The standard InChI is InChI=1S/C20H22Cl2N4O2/c1-3-4-9-23-19(27)20(28)26-24-12-14-10-15(21)7-8-17(14)25-18-11-16(22)6-5-13(18)2/h5-8,10-12,25H,3-4,9H2,1-2H3,(H,23,27)(H,26,28)/b24-12-. The van der Waals surface area contributed by atoms with Gasteiger partial charge >= 0.3 is 11.8 Å². The van der Waals surface area contributed by atoms with Crippen LogP contribution in [0.4, 0.5) is 11.4 Å². The number of carbonyl (C=O) groups excluding carboxylic acids is 2. The van der Waals surface area contributed by atoms with Crippen LogP contribution in [0.3, 0.4) is 0 Å². The van der Waals surface area contributed by atoms with Crippen molar-refractivity contribution in [3.05, 3.63) is 57.6 Å². The number of hydrogen-bond acceptors (Lipinski definition) is 4. The molecule has 0 aliphatic heterocycles. The van der Waals surface area contributed by atoms with Gasteiger partial charge in [-0.2, -0.15) is 5.10 Å². The Morgan fingerprint density at radius 1 is 1.04 bits per heavy atom. The quantitative estimate of drug-likeness (QED) is 0.268. The van der Waals surface area contributed by atoms with Crippen LogP contribution in [0.5, 0.6) is 0 Å². The van der Waals surface area contributed by atoms with E-state index in [2.05, 4.69) is 21.2 Å². The van der Waals surface area contributed by atoms with Crippen LogP contribution in [0, 0.1) is 6.92 Å². The van der Waals surface area contributed by atoms with E-state index < -0.39 is 11.8 Å². The summed E-state index contributed by atoms with van der Waals surface area (Å²) in [6, 6.07) is 10.8. The highest BCUT2D eigenvalue weighted by Crippen LogP contribution is 2.27. The van der Waals surface area contributed by atoms with Gasteiger partial charge in [0.05, 0.1) is 6.21 Å². The molecule has 0 aromatic heterocycles. The van der Waals surface area contributed by atoms with E-state index >= 15 is 0 Å². The lowest BCUT2D eigenvalue weighted by Gasteiger charge is -2.12. The van der Waals surface area contributed by atoms with Gasteiger partial charge in [0.1, 0.15) is 0 Å². The second-order valence-corrected chi connectivity index (χ2v) is 7.00. The van der Waals surface area contributed by atoms with Crippen LogP contribution in [0.1, 0.15) is 30.9 Å². The zero-order chi connectivity index (χ0) is 20.5. The maximum absolute atomic E-state index is 11.8. The fraction of sp³-hybridized carbons (Fsp3) is 0.250. The lowest BCUT2D eigenvalue weighted by Crippen LogP contribution is -2.38. The van der Waals surface area contributed by atoms with E-state index in [1.165, 1.54) is 6.21 Å². The summed E-state index contributed by atoms with van der Waals surface area (Å²) in [5.74, 6) is -1.54. The minimum atomic E-state index is -0.824. The molecule has 3 N–H and O–H groups in total. The van der Waals surface area contributed by atoms with E-state index in [1.807, 2.05) is 32.0 Å². The maximum Gasteiger partial charge on any atom is 0.329 e. The molecule has 0 spiro atoms. The molecule has 0 radical (unpaired) electrons. The number of hydrogen-bond donors (Lipinski definition) is 3. The predicted octanol–water partition coefficient (Wildman–Crippen LogP) is 4.41. The number of benzene rings is 2. The first-order chi connectivity index (χ1) is 13.4. The number of rotatable bonds is 7. The van der Waals surface area contributed by atoms with Gasteiger partial charge in [-0.15, -0.1) is 0 Å². The van der Waals surface area contributed by atoms with Crippen LogP contribution < -0.4 is 16.1 Å². The van der Waals surface area contributed by atoms with Gasteiger partial charge in [0.15, 0.2) is 0 Å². The van der Waals surface area contributed by atoms with Crippen molar-refractivity contribution in [1.82, 2.24) is 10.7 Å². The number of nitrogens with zero attached hydrogens (tertiary/aromatic N) is 1. The van der Waals surface area contributed by atoms with Crippen LogP contribution in [0.25, 0.3) is 0 Å². The topological polar surface area (TPSA) is 82.6 Å². The third-order valence-electron chi connectivity index (χ3n) is 3.87. The van der Waals surface area contributed by atoms with E-state index in [-0.39, 0.29) is 0 Å². The number of nitrogens with one attached hydrogen (secondary N) is 3. The Kier molecular flexibility index (Phi) is 8.29. The average Bonchev–Trinajstić information content (AvgIpc) is 2.66. The summed E-state index contributed by atoms with van der Waals surface area (Å²) in [6.07, 6.45) is 3.16. The Hall–Kier alpha value is -2.57. The normalized spacial score (nSPS) is 10.7. The van der Waals surface area contributed by atoms with Crippen molar-refractivity contribution in [2.45, 2.75) is 26.7 Å². The van der Waals surface area contributed by atoms with E-state index in [4.69, 9.17) is 23.2 Å². The molecule has 148 valence electrons. The maximum atomic E-state index is 11.8. The lowest BCUT2D eigenvalue weighted by atomic mass is 10.1. The van der Waals surface area contributed by atoms with E-state index in [0.717, 1.165) is 29.8 Å². The Balaban J connectivity index is 2.09. The van der Waals surface area contributed by atoms with Crippen molar-refractivity contribution in [2.75, 3.05) is 11.9 Å². The molecule has 6 nitrogen and oxygen atoms in total. The number of carbonyl (C=O) groups is 2. The third-order valence-corrected chi connectivity index (χ3v) is 4.34. The van der Waals surface area contributed by atoms with Gasteiger partial charge in [0.25, 0.3) is 0 Å². The van der Waals surface area contributed by atoms with Gasteiger partial charge in [-0.3, -0.25) is 9.59 Å². The highest BCUT2D eigenvalue weighted by atomic mass is 35.5. The van der Waals surface area contributed by atoms with E-state index in [0.29, 0.717) is 22.2 Å². The first-order valence-corrected chi connectivity index (χ1v) is 9.60. The molecule has 0 atom stereocenters. The van der Waals surface area contributed by atoms with Gasteiger partial charge in [0.2, 0.25) is 0 Å². The third kappa shape index (κ3) is 6.55. The summed E-state index contributed by atoms with van der Waals surface area (Å²) < 4.78 is 0. The summed E-state index contributed by atoms with van der Waals surface area (Å²) in [6.45, 7) is 4.41. The molecule has 0 aliphatic rings. The Morgan fingerprint density at radius 3 is 2.50 bits per heavy atom. The van der Waals surface area contributed by atoms with Gasteiger partial charge < -0.3 is 10.6 Å². The number of hydrazone groups is 1. The molecule has 0 unspecified atom stereocenters. The zero-order valence-corrected chi connectivity index (χ0v) is 17.2.